The quantitative estimate of drug-likeness (QED) is 0.607. The molecule has 0 aliphatic carbocycles. The Morgan fingerprint density at radius 2 is 2.00 bits per heavy atom. The monoisotopic (exact) mass is 354 g/mol. The fourth-order valence-corrected chi connectivity index (χ4v) is 2.57. The zero-order chi connectivity index (χ0) is 14.7. The summed E-state index contributed by atoms with van der Waals surface area (Å²) in [6.07, 6.45) is 0. The molecule has 0 heterocycles. The molecular formula is C14H12BrClN2O2. The van der Waals surface area contributed by atoms with Crippen molar-refractivity contribution in [2.45, 2.75) is 13.0 Å². The molecule has 0 saturated carbocycles. The van der Waals surface area contributed by atoms with Crippen molar-refractivity contribution in [3.05, 3.63) is 67.6 Å². The van der Waals surface area contributed by atoms with Crippen molar-refractivity contribution in [3.63, 3.8) is 0 Å². The van der Waals surface area contributed by atoms with E-state index in [0.29, 0.717) is 5.69 Å². The third-order valence-electron chi connectivity index (χ3n) is 2.89. The summed E-state index contributed by atoms with van der Waals surface area (Å²) in [5, 5.41) is 14.3. The molecule has 0 aliphatic heterocycles. The number of benzene rings is 2. The lowest BCUT2D eigenvalue weighted by molar-refractivity contribution is -0.383. The average Bonchev–Trinajstić information content (AvgIpc) is 2.38. The average molecular weight is 356 g/mol. The minimum Gasteiger partial charge on any atom is -0.373 e. The van der Waals surface area contributed by atoms with Gasteiger partial charge in [0.2, 0.25) is 0 Å². The number of nitro groups is 1. The molecule has 0 aliphatic rings. The van der Waals surface area contributed by atoms with E-state index in [1.807, 2.05) is 31.2 Å². The van der Waals surface area contributed by atoms with Crippen LogP contribution in [-0.2, 0) is 0 Å². The fourth-order valence-electron chi connectivity index (χ4n) is 1.91. The summed E-state index contributed by atoms with van der Waals surface area (Å²) in [4.78, 5) is 10.6. The van der Waals surface area contributed by atoms with E-state index in [0.717, 1.165) is 10.0 Å². The maximum absolute atomic E-state index is 11.1. The predicted molar refractivity (Wildman–Crippen MR) is 84.3 cm³/mol. The molecule has 0 saturated heterocycles. The summed E-state index contributed by atoms with van der Waals surface area (Å²) >= 11 is 9.30. The summed E-state index contributed by atoms with van der Waals surface area (Å²) in [5.41, 5.74) is 1.33. The van der Waals surface area contributed by atoms with E-state index in [2.05, 4.69) is 21.2 Å². The lowest BCUT2D eigenvalue weighted by Gasteiger charge is -2.16. The van der Waals surface area contributed by atoms with Gasteiger partial charge < -0.3 is 5.32 Å². The predicted octanol–water partition coefficient (Wildman–Crippen LogP) is 5.18. The molecule has 0 radical (unpaired) electrons. The lowest BCUT2D eigenvalue weighted by Crippen LogP contribution is -2.08. The molecule has 4 nitrogen and oxygen atoms in total. The van der Waals surface area contributed by atoms with Crippen molar-refractivity contribution in [1.29, 1.82) is 0 Å². The standard InChI is InChI=1S/C14H12BrClN2O2/c1-9(10-4-2-5-11(15)8-10)17-13-7-3-6-12(16)14(13)18(19)20/h2-9,17H,1H3. The summed E-state index contributed by atoms with van der Waals surface area (Å²) in [5.74, 6) is 0. The van der Waals surface area contributed by atoms with E-state index in [-0.39, 0.29) is 16.8 Å². The first-order valence-electron chi connectivity index (χ1n) is 5.94. The van der Waals surface area contributed by atoms with Gasteiger partial charge in [0.05, 0.1) is 4.92 Å². The van der Waals surface area contributed by atoms with Crippen molar-refractivity contribution >= 4 is 38.9 Å². The fraction of sp³-hybridized carbons (Fsp3) is 0.143. The van der Waals surface area contributed by atoms with Crippen LogP contribution in [0.3, 0.4) is 0 Å². The molecule has 0 aromatic heterocycles. The van der Waals surface area contributed by atoms with Crippen LogP contribution < -0.4 is 5.32 Å². The molecular weight excluding hydrogens is 344 g/mol. The van der Waals surface area contributed by atoms with E-state index in [1.54, 1.807) is 12.1 Å². The highest BCUT2D eigenvalue weighted by atomic mass is 79.9. The molecule has 20 heavy (non-hydrogen) atoms. The third kappa shape index (κ3) is 3.29. The molecule has 2 aromatic carbocycles. The zero-order valence-corrected chi connectivity index (χ0v) is 13.0. The van der Waals surface area contributed by atoms with Crippen LogP contribution in [0.25, 0.3) is 0 Å². The SMILES string of the molecule is CC(Nc1cccc(Cl)c1[N+](=O)[O-])c1cccc(Br)c1. The highest BCUT2D eigenvalue weighted by molar-refractivity contribution is 9.10. The van der Waals surface area contributed by atoms with Crippen molar-refractivity contribution in [1.82, 2.24) is 0 Å². The van der Waals surface area contributed by atoms with Crippen LogP contribution in [0, 0.1) is 10.1 Å². The van der Waals surface area contributed by atoms with Crippen LogP contribution in [0.1, 0.15) is 18.5 Å². The molecule has 0 amide bonds. The van der Waals surface area contributed by atoms with Gasteiger partial charge in [0.1, 0.15) is 10.7 Å². The maximum atomic E-state index is 11.1. The Bertz CT molecular complexity index is 649. The molecule has 104 valence electrons. The van der Waals surface area contributed by atoms with Gasteiger partial charge in [0, 0.05) is 10.5 Å². The second kappa shape index (κ2) is 6.24. The number of hydrogen-bond acceptors (Lipinski definition) is 3. The Morgan fingerprint density at radius 3 is 2.65 bits per heavy atom. The third-order valence-corrected chi connectivity index (χ3v) is 3.69. The Hall–Kier alpha value is -1.59. The Labute approximate surface area is 130 Å². The topological polar surface area (TPSA) is 55.2 Å². The maximum Gasteiger partial charge on any atom is 0.310 e. The minimum atomic E-state index is -0.474. The van der Waals surface area contributed by atoms with E-state index in [1.165, 1.54) is 6.07 Å². The van der Waals surface area contributed by atoms with Gasteiger partial charge in [-0.25, -0.2) is 0 Å². The van der Waals surface area contributed by atoms with Gasteiger partial charge in [-0.05, 0) is 36.8 Å². The van der Waals surface area contributed by atoms with Crippen LogP contribution in [0.2, 0.25) is 5.02 Å². The number of nitrogens with zero attached hydrogens (tertiary/aromatic N) is 1. The molecule has 2 rings (SSSR count). The van der Waals surface area contributed by atoms with E-state index >= 15 is 0 Å². The largest absolute Gasteiger partial charge is 0.373 e. The van der Waals surface area contributed by atoms with Gasteiger partial charge in [-0.1, -0.05) is 45.7 Å². The molecule has 1 atom stereocenters. The normalized spacial score (nSPS) is 11.9. The van der Waals surface area contributed by atoms with Crippen LogP contribution >= 0.6 is 27.5 Å². The van der Waals surface area contributed by atoms with Gasteiger partial charge in [-0.3, -0.25) is 10.1 Å². The van der Waals surface area contributed by atoms with Crippen molar-refractivity contribution in [2.24, 2.45) is 0 Å². The minimum absolute atomic E-state index is 0.0790. The first-order chi connectivity index (χ1) is 9.49. The molecule has 0 spiro atoms. The highest BCUT2D eigenvalue weighted by Crippen LogP contribution is 2.34. The summed E-state index contributed by atoms with van der Waals surface area (Å²) < 4.78 is 0.962. The summed E-state index contributed by atoms with van der Waals surface area (Å²) in [7, 11) is 0. The second-order valence-electron chi connectivity index (χ2n) is 4.31. The molecule has 6 heteroatoms. The number of nitro benzene ring substituents is 1. The molecule has 0 fully saturated rings. The first-order valence-corrected chi connectivity index (χ1v) is 7.11. The Balaban J connectivity index is 2.30. The van der Waals surface area contributed by atoms with Gasteiger partial charge >= 0.3 is 5.69 Å². The molecule has 0 bridgehead atoms. The van der Waals surface area contributed by atoms with E-state index in [9.17, 15) is 10.1 Å². The van der Waals surface area contributed by atoms with Gasteiger partial charge in [0.15, 0.2) is 0 Å². The summed E-state index contributed by atoms with van der Waals surface area (Å²) in [6.45, 7) is 1.94. The van der Waals surface area contributed by atoms with Crippen LogP contribution in [0.15, 0.2) is 46.9 Å². The lowest BCUT2D eigenvalue weighted by atomic mass is 10.1. The Kier molecular flexibility index (Phi) is 4.62. The van der Waals surface area contributed by atoms with Crippen LogP contribution in [0.5, 0.6) is 0 Å². The van der Waals surface area contributed by atoms with E-state index in [4.69, 9.17) is 11.6 Å². The zero-order valence-electron chi connectivity index (χ0n) is 10.6. The Morgan fingerprint density at radius 1 is 1.30 bits per heavy atom. The number of anilines is 1. The van der Waals surface area contributed by atoms with Crippen molar-refractivity contribution in [3.8, 4) is 0 Å². The molecule has 1 N–H and O–H groups in total. The second-order valence-corrected chi connectivity index (χ2v) is 5.64. The number of nitrogens with one attached hydrogen (secondary N) is 1. The van der Waals surface area contributed by atoms with Gasteiger partial charge in [-0.15, -0.1) is 0 Å². The van der Waals surface area contributed by atoms with Crippen LogP contribution in [0.4, 0.5) is 11.4 Å². The van der Waals surface area contributed by atoms with E-state index < -0.39 is 4.92 Å². The number of rotatable bonds is 4. The van der Waals surface area contributed by atoms with Crippen LogP contribution in [-0.4, -0.2) is 4.92 Å². The number of halogens is 2. The number of hydrogen-bond donors (Lipinski definition) is 1. The smallest absolute Gasteiger partial charge is 0.310 e. The highest BCUT2D eigenvalue weighted by Gasteiger charge is 2.19. The van der Waals surface area contributed by atoms with Gasteiger partial charge in [-0.2, -0.15) is 0 Å². The van der Waals surface area contributed by atoms with Crippen molar-refractivity contribution < 1.29 is 4.92 Å². The molecule has 1 unspecified atom stereocenters. The first kappa shape index (κ1) is 14.8. The van der Waals surface area contributed by atoms with Gasteiger partial charge in [0.25, 0.3) is 0 Å². The number of para-hydroxylation sites is 1. The molecule has 2 aromatic rings. The van der Waals surface area contributed by atoms with Crippen molar-refractivity contribution in [2.75, 3.05) is 5.32 Å². The summed E-state index contributed by atoms with van der Waals surface area (Å²) in [6, 6.07) is 12.5.